The molecule has 0 aliphatic carbocycles. The second-order valence-corrected chi connectivity index (χ2v) is 9.83. The first-order chi connectivity index (χ1) is 16.0. The number of anilines is 2. The summed E-state index contributed by atoms with van der Waals surface area (Å²) in [6, 6.07) is 8.59. The molecular formula is C23H25F3N4O3S. The molecule has 0 bridgehead atoms. The van der Waals surface area contributed by atoms with Gasteiger partial charge < -0.3 is 15.0 Å². The zero-order valence-electron chi connectivity index (χ0n) is 18.8. The molecule has 4 rings (SSSR count). The molecule has 0 spiro atoms. The lowest BCUT2D eigenvalue weighted by Crippen LogP contribution is -2.43. The third kappa shape index (κ3) is 5.30. The number of carbonyl (C=O) groups is 2. The van der Waals surface area contributed by atoms with Crippen molar-refractivity contribution in [2.45, 2.75) is 55.2 Å². The van der Waals surface area contributed by atoms with E-state index in [9.17, 15) is 22.8 Å². The lowest BCUT2D eigenvalue weighted by atomic mass is 10.0. The van der Waals surface area contributed by atoms with E-state index >= 15 is 0 Å². The van der Waals surface area contributed by atoms with E-state index in [1.54, 1.807) is 26.1 Å². The largest absolute Gasteiger partial charge is 0.446 e. The first kappa shape index (κ1) is 24.3. The van der Waals surface area contributed by atoms with Gasteiger partial charge in [0.25, 0.3) is 5.91 Å². The van der Waals surface area contributed by atoms with Crippen LogP contribution in [0.4, 0.5) is 29.5 Å². The van der Waals surface area contributed by atoms with Gasteiger partial charge in [0.05, 0.1) is 5.69 Å². The van der Waals surface area contributed by atoms with Crippen LogP contribution in [0.2, 0.25) is 0 Å². The summed E-state index contributed by atoms with van der Waals surface area (Å²) in [5.41, 5.74) is -4.51. The predicted octanol–water partition coefficient (Wildman–Crippen LogP) is 5.03. The van der Waals surface area contributed by atoms with Crippen LogP contribution in [0.15, 0.2) is 47.5 Å². The van der Waals surface area contributed by atoms with Gasteiger partial charge in [-0.1, -0.05) is 0 Å². The molecule has 2 fully saturated rings. The number of rotatable bonds is 6. The zero-order valence-corrected chi connectivity index (χ0v) is 19.6. The number of hydrogen-bond acceptors (Lipinski definition) is 6. The summed E-state index contributed by atoms with van der Waals surface area (Å²) in [5, 5.41) is 3.39. The van der Waals surface area contributed by atoms with Gasteiger partial charge >= 0.3 is 11.5 Å². The summed E-state index contributed by atoms with van der Waals surface area (Å²) in [5.74, 6) is 0.248. The second-order valence-electron chi connectivity index (χ2n) is 8.69. The van der Waals surface area contributed by atoms with E-state index in [4.69, 9.17) is 4.74 Å². The number of nitrogens with one attached hydrogen (secondary N) is 1. The number of carbonyl (C=O) groups excluding carboxylic acids is 2. The molecule has 2 aliphatic rings. The van der Waals surface area contributed by atoms with Crippen LogP contribution in [0.1, 0.15) is 32.3 Å². The number of hydrogen-bond donors (Lipinski definition) is 1. The Bertz CT molecular complexity index is 1060. The molecule has 2 saturated heterocycles. The van der Waals surface area contributed by atoms with Gasteiger partial charge in [0.1, 0.15) is 11.4 Å². The molecule has 1 aromatic heterocycles. The van der Waals surface area contributed by atoms with E-state index < -0.39 is 23.0 Å². The number of aromatic nitrogens is 1. The fraction of sp³-hybridized carbons (Fsp3) is 0.435. The molecule has 2 aromatic rings. The summed E-state index contributed by atoms with van der Waals surface area (Å²) >= 11 is -0.248. The van der Waals surface area contributed by atoms with Crippen molar-refractivity contribution >= 4 is 35.2 Å². The topological polar surface area (TPSA) is 74.8 Å². The lowest BCUT2D eigenvalue weighted by molar-refractivity contribution is -0.123. The molecule has 2 aliphatic heterocycles. The maximum absolute atomic E-state index is 13.3. The van der Waals surface area contributed by atoms with E-state index in [0.717, 1.165) is 23.3 Å². The van der Waals surface area contributed by atoms with E-state index in [1.165, 1.54) is 29.2 Å². The Morgan fingerprint density at radius 1 is 1.15 bits per heavy atom. The highest BCUT2D eigenvalue weighted by Crippen LogP contribution is 2.39. The number of benzene rings is 1. The molecule has 3 heterocycles. The van der Waals surface area contributed by atoms with Crippen molar-refractivity contribution in [3.63, 3.8) is 0 Å². The Kier molecular flexibility index (Phi) is 6.77. The van der Waals surface area contributed by atoms with Gasteiger partial charge in [-0.15, -0.1) is 0 Å². The Hall–Kier alpha value is -2.79. The van der Waals surface area contributed by atoms with Crippen molar-refractivity contribution in [3.8, 4) is 0 Å². The third-order valence-corrected chi connectivity index (χ3v) is 6.63. The number of amides is 3. The smallest absolute Gasteiger partial charge is 0.381 e. The Labute approximate surface area is 199 Å². The van der Waals surface area contributed by atoms with Crippen molar-refractivity contribution in [3.05, 3.63) is 48.2 Å². The highest BCUT2D eigenvalue weighted by molar-refractivity contribution is 8.00. The Balaban J connectivity index is 1.50. The molecule has 0 unspecified atom stereocenters. The van der Waals surface area contributed by atoms with Gasteiger partial charge in [-0.25, -0.2) is 14.7 Å². The quantitative estimate of drug-likeness (QED) is 0.449. The SMILES string of the molecule is CC1(C)C(=O)N(c2ccc(SC(F)(F)F)cc2)C(=O)N1Cc1ccnc(NC2CCOCC2)c1. The normalized spacial score (nSPS) is 19.1. The fourth-order valence-electron chi connectivity index (χ4n) is 4.01. The van der Waals surface area contributed by atoms with Gasteiger partial charge in [-0.3, -0.25) is 4.79 Å². The lowest BCUT2D eigenvalue weighted by Gasteiger charge is -2.28. The number of imide groups is 1. The molecule has 1 N–H and O–H groups in total. The van der Waals surface area contributed by atoms with Crippen molar-refractivity contribution in [1.29, 1.82) is 0 Å². The van der Waals surface area contributed by atoms with Gasteiger partial charge in [-0.05, 0) is 80.4 Å². The Morgan fingerprint density at radius 3 is 2.47 bits per heavy atom. The predicted molar refractivity (Wildman–Crippen MR) is 123 cm³/mol. The molecule has 0 radical (unpaired) electrons. The van der Waals surface area contributed by atoms with Gasteiger partial charge in [0.2, 0.25) is 0 Å². The van der Waals surface area contributed by atoms with Crippen LogP contribution in [0.5, 0.6) is 0 Å². The summed E-state index contributed by atoms with van der Waals surface area (Å²) < 4.78 is 43.2. The summed E-state index contributed by atoms with van der Waals surface area (Å²) in [6.45, 7) is 4.89. The fourth-order valence-corrected chi connectivity index (χ4v) is 4.55. The van der Waals surface area contributed by atoms with Crippen molar-refractivity contribution in [2.24, 2.45) is 0 Å². The van der Waals surface area contributed by atoms with Crippen molar-refractivity contribution in [2.75, 3.05) is 23.4 Å². The van der Waals surface area contributed by atoms with Crippen LogP contribution in [-0.2, 0) is 16.1 Å². The summed E-state index contributed by atoms with van der Waals surface area (Å²) in [7, 11) is 0. The molecular weight excluding hydrogens is 469 g/mol. The molecule has 7 nitrogen and oxygen atoms in total. The third-order valence-electron chi connectivity index (χ3n) is 5.89. The number of pyridine rings is 1. The number of urea groups is 1. The van der Waals surface area contributed by atoms with Crippen LogP contribution >= 0.6 is 11.8 Å². The minimum absolute atomic E-state index is 0.0206. The average Bonchev–Trinajstić information content (AvgIpc) is 2.94. The molecule has 1 aromatic carbocycles. The van der Waals surface area contributed by atoms with E-state index in [1.807, 2.05) is 6.07 Å². The van der Waals surface area contributed by atoms with Crippen LogP contribution in [-0.4, -0.2) is 52.1 Å². The maximum Gasteiger partial charge on any atom is 0.446 e. The second kappa shape index (κ2) is 9.46. The average molecular weight is 495 g/mol. The highest BCUT2D eigenvalue weighted by atomic mass is 32.2. The zero-order chi connectivity index (χ0) is 24.5. The van der Waals surface area contributed by atoms with Gasteiger partial charge in [0, 0.05) is 36.9 Å². The summed E-state index contributed by atoms with van der Waals surface area (Å²) in [4.78, 5) is 33.2. The number of alkyl halides is 3. The van der Waals surface area contributed by atoms with Crippen molar-refractivity contribution < 1.29 is 27.5 Å². The van der Waals surface area contributed by atoms with E-state index in [2.05, 4.69) is 10.3 Å². The van der Waals surface area contributed by atoms with E-state index in [0.29, 0.717) is 19.0 Å². The maximum atomic E-state index is 13.3. The molecule has 11 heteroatoms. The van der Waals surface area contributed by atoms with Gasteiger partial charge in [0.15, 0.2) is 0 Å². The van der Waals surface area contributed by atoms with Crippen LogP contribution in [0, 0.1) is 0 Å². The number of nitrogens with zero attached hydrogens (tertiary/aromatic N) is 3. The first-order valence-electron chi connectivity index (χ1n) is 10.9. The monoisotopic (exact) mass is 494 g/mol. The number of ether oxygens (including phenoxy) is 1. The summed E-state index contributed by atoms with van der Waals surface area (Å²) in [6.07, 6.45) is 3.42. The molecule has 3 amide bonds. The van der Waals surface area contributed by atoms with Gasteiger partial charge in [-0.2, -0.15) is 13.2 Å². The molecule has 182 valence electrons. The molecule has 34 heavy (non-hydrogen) atoms. The standard InChI is InChI=1S/C23H25F3N4O3S/c1-22(2)20(31)30(17-3-5-18(6-4-17)34-23(24,25)26)21(32)29(22)14-15-7-10-27-19(13-15)28-16-8-11-33-12-9-16/h3-7,10,13,16H,8-9,11-12,14H2,1-2H3,(H,27,28). The molecule has 0 saturated carbocycles. The molecule has 0 atom stereocenters. The van der Waals surface area contributed by atoms with Crippen LogP contribution in [0.25, 0.3) is 0 Å². The number of halogens is 3. The number of thioether (sulfide) groups is 1. The minimum atomic E-state index is -4.41. The van der Waals surface area contributed by atoms with E-state index in [-0.39, 0.29) is 34.9 Å². The first-order valence-corrected chi connectivity index (χ1v) is 11.7. The Morgan fingerprint density at radius 2 is 1.82 bits per heavy atom. The minimum Gasteiger partial charge on any atom is -0.381 e. The van der Waals surface area contributed by atoms with Crippen molar-refractivity contribution in [1.82, 2.24) is 9.88 Å². The van der Waals surface area contributed by atoms with Crippen LogP contribution < -0.4 is 10.2 Å². The van der Waals surface area contributed by atoms with Crippen LogP contribution in [0.3, 0.4) is 0 Å². The highest BCUT2D eigenvalue weighted by Gasteiger charge is 2.51.